The van der Waals surface area contributed by atoms with Crippen LogP contribution in [0.1, 0.15) is 37.3 Å². The molecule has 2 aromatic rings. The lowest BCUT2D eigenvalue weighted by molar-refractivity contribution is -0.121. The van der Waals surface area contributed by atoms with Crippen LogP contribution in [0.25, 0.3) is 0 Å². The van der Waals surface area contributed by atoms with Crippen molar-refractivity contribution in [1.29, 1.82) is 0 Å². The number of amides is 1. The molecule has 0 saturated heterocycles. The van der Waals surface area contributed by atoms with Crippen molar-refractivity contribution in [2.45, 2.75) is 39.3 Å². The molecular weight excluding hydrogens is 280 g/mol. The number of hydrogen-bond acceptors (Lipinski definition) is 3. The fraction of sp³-hybridized carbons (Fsp3) is 0.438. The molecule has 0 aliphatic carbocycles. The third-order valence-electron chi connectivity index (χ3n) is 3.54. The van der Waals surface area contributed by atoms with Crippen LogP contribution in [0.5, 0.6) is 0 Å². The van der Waals surface area contributed by atoms with E-state index in [0.717, 1.165) is 5.56 Å². The van der Waals surface area contributed by atoms with Crippen LogP contribution in [0.3, 0.4) is 0 Å². The predicted molar refractivity (Wildman–Crippen MR) is 84.5 cm³/mol. The van der Waals surface area contributed by atoms with Crippen LogP contribution in [-0.2, 0) is 24.9 Å². The molecule has 1 aromatic heterocycles. The summed E-state index contributed by atoms with van der Waals surface area (Å²) >= 11 is 0. The fourth-order valence-corrected chi connectivity index (χ4v) is 2.13. The lowest BCUT2D eigenvalue weighted by Crippen LogP contribution is -2.28. The number of hydrogen-bond donors (Lipinski definition) is 1. The molecule has 0 atom stereocenters. The lowest BCUT2D eigenvalue weighted by Gasteiger charge is -2.09. The van der Waals surface area contributed by atoms with Gasteiger partial charge in [0.15, 0.2) is 0 Å². The Morgan fingerprint density at radius 2 is 2.14 bits per heavy atom. The standard InChI is InChI=1S/C16H22N4O2/c1-12(2)14-6-4-5-13(9-14)10-17-15(21)7-8-20-16(22)19(3)11-18-20/h4-6,9,11-12H,7-8,10H2,1-3H3,(H,17,21). The number of aromatic nitrogens is 3. The molecule has 0 spiro atoms. The lowest BCUT2D eigenvalue weighted by atomic mass is 10.0. The molecule has 6 heteroatoms. The summed E-state index contributed by atoms with van der Waals surface area (Å²) in [6.45, 7) is 5.07. The molecular formula is C16H22N4O2. The molecule has 22 heavy (non-hydrogen) atoms. The molecule has 6 nitrogen and oxygen atoms in total. The highest BCUT2D eigenvalue weighted by Gasteiger charge is 2.06. The number of rotatable bonds is 6. The average Bonchev–Trinajstić information content (AvgIpc) is 2.83. The molecule has 0 unspecified atom stereocenters. The monoisotopic (exact) mass is 302 g/mol. The number of nitrogens with one attached hydrogen (secondary N) is 1. The Balaban J connectivity index is 1.84. The molecule has 1 aromatic carbocycles. The van der Waals surface area contributed by atoms with E-state index in [4.69, 9.17) is 0 Å². The van der Waals surface area contributed by atoms with E-state index in [1.807, 2.05) is 12.1 Å². The van der Waals surface area contributed by atoms with Gasteiger partial charge < -0.3 is 5.32 Å². The highest BCUT2D eigenvalue weighted by atomic mass is 16.2. The number of carbonyl (C=O) groups is 1. The maximum absolute atomic E-state index is 11.9. The molecule has 0 fully saturated rings. The van der Waals surface area contributed by atoms with Crippen LogP contribution in [0.2, 0.25) is 0 Å². The Labute approximate surface area is 129 Å². The van der Waals surface area contributed by atoms with Gasteiger partial charge in [-0.15, -0.1) is 0 Å². The van der Waals surface area contributed by atoms with E-state index in [9.17, 15) is 9.59 Å². The van der Waals surface area contributed by atoms with Gasteiger partial charge in [0, 0.05) is 20.0 Å². The zero-order valence-electron chi connectivity index (χ0n) is 13.2. The summed E-state index contributed by atoms with van der Waals surface area (Å²) in [6, 6.07) is 8.19. The van der Waals surface area contributed by atoms with Gasteiger partial charge in [-0.1, -0.05) is 38.1 Å². The van der Waals surface area contributed by atoms with E-state index in [1.54, 1.807) is 7.05 Å². The van der Waals surface area contributed by atoms with Crippen molar-refractivity contribution < 1.29 is 4.79 Å². The molecule has 0 aliphatic rings. The summed E-state index contributed by atoms with van der Waals surface area (Å²) < 4.78 is 2.67. The topological polar surface area (TPSA) is 68.9 Å². The van der Waals surface area contributed by atoms with Gasteiger partial charge in [-0.25, -0.2) is 9.48 Å². The van der Waals surface area contributed by atoms with Gasteiger partial charge in [-0.05, 0) is 17.0 Å². The fourth-order valence-electron chi connectivity index (χ4n) is 2.13. The summed E-state index contributed by atoms with van der Waals surface area (Å²) in [4.78, 5) is 23.5. The molecule has 2 rings (SSSR count). The normalized spacial score (nSPS) is 10.9. The van der Waals surface area contributed by atoms with Crippen molar-refractivity contribution in [3.8, 4) is 0 Å². The first-order valence-corrected chi connectivity index (χ1v) is 7.41. The Morgan fingerprint density at radius 3 is 2.77 bits per heavy atom. The third kappa shape index (κ3) is 4.07. The van der Waals surface area contributed by atoms with Crippen molar-refractivity contribution in [1.82, 2.24) is 19.7 Å². The van der Waals surface area contributed by atoms with Crippen molar-refractivity contribution in [3.05, 3.63) is 52.2 Å². The van der Waals surface area contributed by atoms with Gasteiger partial charge in [0.2, 0.25) is 5.91 Å². The van der Waals surface area contributed by atoms with Gasteiger partial charge in [0.1, 0.15) is 6.33 Å². The van der Waals surface area contributed by atoms with Crippen LogP contribution in [0, 0.1) is 0 Å². The summed E-state index contributed by atoms with van der Waals surface area (Å²) in [5.74, 6) is 0.374. The van der Waals surface area contributed by atoms with Gasteiger partial charge in [0.25, 0.3) is 0 Å². The molecule has 1 heterocycles. The zero-order chi connectivity index (χ0) is 16.1. The number of nitrogens with zero attached hydrogens (tertiary/aromatic N) is 3. The van der Waals surface area contributed by atoms with E-state index < -0.39 is 0 Å². The molecule has 1 N–H and O–H groups in total. The third-order valence-corrected chi connectivity index (χ3v) is 3.54. The van der Waals surface area contributed by atoms with E-state index in [0.29, 0.717) is 12.5 Å². The van der Waals surface area contributed by atoms with Crippen LogP contribution < -0.4 is 11.0 Å². The number of carbonyl (C=O) groups excluding carboxylic acids is 1. The number of aryl methyl sites for hydroxylation is 2. The largest absolute Gasteiger partial charge is 0.352 e. The Hall–Kier alpha value is -2.37. The molecule has 118 valence electrons. The molecule has 1 amide bonds. The second kappa shape index (κ2) is 7.06. The first-order chi connectivity index (χ1) is 10.5. The Bertz CT molecular complexity index is 700. The van der Waals surface area contributed by atoms with Crippen molar-refractivity contribution in [2.75, 3.05) is 0 Å². The molecule has 0 saturated carbocycles. The minimum atomic E-state index is -0.211. The quantitative estimate of drug-likeness (QED) is 0.877. The predicted octanol–water partition coefficient (Wildman–Crippen LogP) is 1.41. The molecule has 0 aliphatic heterocycles. The molecule has 0 bridgehead atoms. The first-order valence-electron chi connectivity index (χ1n) is 7.41. The van der Waals surface area contributed by atoms with Gasteiger partial charge in [-0.3, -0.25) is 9.36 Å². The van der Waals surface area contributed by atoms with E-state index in [-0.39, 0.29) is 24.6 Å². The van der Waals surface area contributed by atoms with Gasteiger partial charge in [0.05, 0.1) is 6.54 Å². The second-order valence-corrected chi connectivity index (χ2v) is 5.67. The van der Waals surface area contributed by atoms with Crippen molar-refractivity contribution in [2.24, 2.45) is 7.05 Å². The van der Waals surface area contributed by atoms with E-state index >= 15 is 0 Å². The Morgan fingerprint density at radius 1 is 1.36 bits per heavy atom. The molecule has 0 radical (unpaired) electrons. The van der Waals surface area contributed by atoms with Crippen molar-refractivity contribution >= 4 is 5.91 Å². The minimum Gasteiger partial charge on any atom is -0.352 e. The van der Waals surface area contributed by atoms with E-state index in [1.165, 1.54) is 21.1 Å². The van der Waals surface area contributed by atoms with Gasteiger partial charge >= 0.3 is 5.69 Å². The minimum absolute atomic E-state index is 0.0903. The van der Waals surface area contributed by atoms with Crippen LogP contribution in [-0.4, -0.2) is 20.3 Å². The first kappa shape index (κ1) is 16.0. The van der Waals surface area contributed by atoms with Crippen LogP contribution in [0.4, 0.5) is 0 Å². The zero-order valence-corrected chi connectivity index (χ0v) is 13.2. The summed E-state index contributed by atoms with van der Waals surface area (Å²) in [5.41, 5.74) is 2.12. The van der Waals surface area contributed by atoms with Crippen molar-refractivity contribution in [3.63, 3.8) is 0 Å². The smallest absolute Gasteiger partial charge is 0.345 e. The van der Waals surface area contributed by atoms with Gasteiger partial charge in [-0.2, -0.15) is 5.10 Å². The summed E-state index contributed by atoms with van der Waals surface area (Å²) in [5, 5.41) is 6.80. The SMILES string of the molecule is CC(C)c1cccc(CNC(=O)CCn2ncn(C)c2=O)c1. The van der Waals surface area contributed by atoms with Crippen LogP contribution >= 0.6 is 0 Å². The number of benzene rings is 1. The van der Waals surface area contributed by atoms with E-state index in [2.05, 4.69) is 36.4 Å². The second-order valence-electron chi connectivity index (χ2n) is 5.67. The van der Waals surface area contributed by atoms with Crippen LogP contribution in [0.15, 0.2) is 35.4 Å². The maximum Gasteiger partial charge on any atom is 0.345 e. The maximum atomic E-state index is 11.9. The summed E-state index contributed by atoms with van der Waals surface area (Å²) in [7, 11) is 1.63. The Kier molecular flexibility index (Phi) is 5.14. The average molecular weight is 302 g/mol. The highest BCUT2D eigenvalue weighted by molar-refractivity contribution is 5.75. The summed E-state index contributed by atoms with van der Waals surface area (Å²) in [6.07, 6.45) is 1.68. The highest BCUT2D eigenvalue weighted by Crippen LogP contribution is 2.15.